The predicted octanol–water partition coefficient (Wildman–Crippen LogP) is 4.98. The molecule has 0 bridgehead atoms. The summed E-state index contributed by atoms with van der Waals surface area (Å²) >= 11 is 0. The maximum atomic E-state index is 13.7. The molecule has 1 aliphatic rings. The summed E-state index contributed by atoms with van der Waals surface area (Å²) in [5.41, 5.74) is 7.11. The first-order chi connectivity index (χ1) is 17.6. The van der Waals surface area contributed by atoms with Crippen LogP contribution in [0.5, 0.6) is 11.5 Å². The van der Waals surface area contributed by atoms with Crippen molar-refractivity contribution in [1.82, 2.24) is 0 Å². The molecule has 0 spiro atoms. The van der Waals surface area contributed by atoms with Crippen molar-refractivity contribution >= 4 is 30.0 Å². The number of hydrogen-bond acceptors (Lipinski definition) is 5. The molecule has 3 aromatic carbocycles. The quantitative estimate of drug-likeness (QED) is 0.390. The smallest absolute Gasteiger partial charge is 0.419 e. The van der Waals surface area contributed by atoms with Crippen molar-refractivity contribution in [2.75, 3.05) is 11.4 Å². The van der Waals surface area contributed by atoms with Crippen LogP contribution in [0.1, 0.15) is 28.7 Å². The molecule has 0 saturated carbocycles. The Balaban J connectivity index is 0.00000400. The lowest BCUT2D eigenvalue weighted by molar-refractivity contribution is -0.140. The van der Waals surface area contributed by atoms with E-state index in [2.05, 4.69) is 0 Å². The van der Waals surface area contributed by atoms with E-state index < -0.39 is 29.7 Å². The highest BCUT2D eigenvalue weighted by Crippen LogP contribution is 2.38. The van der Waals surface area contributed by atoms with Crippen molar-refractivity contribution in [2.24, 2.45) is 5.73 Å². The van der Waals surface area contributed by atoms with Gasteiger partial charge in [0.2, 0.25) is 5.91 Å². The summed E-state index contributed by atoms with van der Waals surface area (Å²) in [6, 6.07) is 16.5. The zero-order valence-corrected chi connectivity index (χ0v) is 20.9. The number of benzene rings is 3. The van der Waals surface area contributed by atoms with E-state index in [0.717, 1.165) is 17.2 Å². The van der Waals surface area contributed by atoms with Gasteiger partial charge in [0.1, 0.15) is 30.8 Å². The van der Waals surface area contributed by atoms with Crippen LogP contribution in [0.2, 0.25) is 0 Å². The second-order valence-corrected chi connectivity index (χ2v) is 8.63. The highest BCUT2D eigenvalue weighted by molar-refractivity contribution is 5.97. The van der Waals surface area contributed by atoms with Crippen LogP contribution in [0.3, 0.4) is 0 Å². The van der Waals surface area contributed by atoms with E-state index in [0.29, 0.717) is 30.0 Å². The van der Waals surface area contributed by atoms with Gasteiger partial charge in [-0.1, -0.05) is 36.4 Å². The lowest BCUT2D eigenvalue weighted by atomic mass is 10.1. The van der Waals surface area contributed by atoms with Crippen LogP contribution in [0.15, 0.2) is 66.7 Å². The number of rotatable bonds is 9. The maximum absolute atomic E-state index is 13.7. The Kier molecular flexibility index (Phi) is 9.24. The van der Waals surface area contributed by atoms with E-state index in [9.17, 15) is 22.8 Å². The Morgan fingerprint density at radius 1 is 0.974 bits per heavy atom. The number of anilines is 1. The van der Waals surface area contributed by atoms with E-state index in [1.807, 2.05) is 6.07 Å². The van der Waals surface area contributed by atoms with Gasteiger partial charge in [-0.2, -0.15) is 13.2 Å². The molecule has 0 saturated heterocycles. The molecule has 202 valence electrons. The molecule has 0 aliphatic carbocycles. The highest BCUT2D eigenvalue weighted by atomic mass is 35.5. The first-order valence-electron chi connectivity index (χ1n) is 11.5. The average Bonchev–Trinajstić information content (AvgIpc) is 3.30. The lowest BCUT2D eigenvalue weighted by Crippen LogP contribution is -2.38. The number of halogens is 4. The van der Waals surface area contributed by atoms with Crippen molar-refractivity contribution in [1.29, 1.82) is 0 Å². The summed E-state index contributed by atoms with van der Waals surface area (Å²) in [5, 5.41) is 8.93. The Hall–Kier alpha value is -3.76. The second kappa shape index (κ2) is 12.2. The first kappa shape index (κ1) is 28.8. The molecule has 0 aromatic heterocycles. The number of hydrogen-bond donors (Lipinski definition) is 2. The second-order valence-electron chi connectivity index (χ2n) is 8.63. The third-order valence-electron chi connectivity index (χ3n) is 5.95. The summed E-state index contributed by atoms with van der Waals surface area (Å²) in [6.45, 7) is 0.289. The van der Waals surface area contributed by atoms with Gasteiger partial charge in [-0.25, -0.2) is 0 Å². The largest absolute Gasteiger partial charge is 0.489 e. The third-order valence-corrected chi connectivity index (χ3v) is 5.95. The SMILES string of the molecule is Cl.N[C@H](CC(=O)N1CCc2cc(OCc3ccc(OCc4ccccc4)c(C(F)(F)F)c3)ccc21)C(=O)O. The number of carboxylic acid groups (broad SMARTS) is 1. The number of ether oxygens (including phenoxy) is 2. The predicted molar refractivity (Wildman–Crippen MR) is 137 cm³/mol. The fraction of sp³-hybridized carbons (Fsp3) is 0.259. The van der Waals surface area contributed by atoms with Gasteiger partial charge in [0.05, 0.1) is 12.0 Å². The summed E-state index contributed by atoms with van der Waals surface area (Å²) in [7, 11) is 0. The number of fused-ring (bicyclic) bond motifs is 1. The first-order valence-corrected chi connectivity index (χ1v) is 11.5. The molecule has 0 radical (unpaired) electrons. The average molecular weight is 551 g/mol. The molecular weight excluding hydrogens is 525 g/mol. The van der Waals surface area contributed by atoms with Gasteiger partial charge in [-0.05, 0) is 53.4 Å². The number of carbonyl (C=O) groups is 2. The fourth-order valence-electron chi connectivity index (χ4n) is 4.03. The molecule has 3 N–H and O–H groups in total. The number of aliphatic carboxylic acids is 1. The molecule has 0 unspecified atom stereocenters. The zero-order chi connectivity index (χ0) is 26.6. The minimum atomic E-state index is -4.60. The monoisotopic (exact) mass is 550 g/mol. The number of nitrogens with zero attached hydrogens (tertiary/aromatic N) is 1. The van der Waals surface area contributed by atoms with Crippen molar-refractivity contribution < 1.29 is 37.3 Å². The van der Waals surface area contributed by atoms with Gasteiger partial charge in [-0.15, -0.1) is 12.4 Å². The van der Waals surface area contributed by atoms with Crippen molar-refractivity contribution in [3.63, 3.8) is 0 Å². The van der Waals surface area contributed by atoms with Crippen LogP contribution in [-0.2, 0) is 35.4 Å². The minimum Gasteiger partial charge on any atom is -0.489 e. The summed E-state index contributed by atoms with van der Waals surface area (Å²) in [5.74, 6) is -1.46. The van der Waals surface area contributed by atoms with Crippen LogP contribution in [0, 0.1) is 0 Å². The highest BCUT2D eigenvalue weighted by Gasteiger charge is 2.35. The van der Waals surface area contributed by atoms with Gasteiger partial charge in [0, 0.05) is 12.2 Å². The Morgan fingerprint density at radius 2 is 1.68 bits per heavy atom. The lowest BCUT2D eigenvalue weighted by Gasteiger charge is -2.19. The van der Waals surface area contributed by atoms with Crippen LogP contribution in [0.25, 0.3) is 0 Å². The van der Waals surface area contributed by atoms with E-state index in [4.69, 9.17) is 20.3 Å². The number of nitrogens with two attached hydrogens (primary N) is 1. The number of amides is 1. The van der Waals surface area contributed by atoms with Gasteiger partial charge < -0.3 is 25.2 Å². The number of alkyl halides is 3. The van der Waals surface area contributed by atoms with Crippen molar-refractivity contribution in [3.05, 3.63) is 89.0 Å². The zero-order valence-electron chi connectivity index (χ0n) is 20.1. The summed E-state index contributed by atoms with van der Waals surface area (Å²) in [4.78, 5) is 24.8. The van der Waals surface area contributed by atoms with Gasteiger partial charge in [0.25, 0.3) is 0 Å². The summed E-state index contributed by atoms with van der Waals surface area (Å²) < 4.78 is 52.3. The minimum absolute atomic E-state index is 0. The Labute approximate surface area is 223 Å². The molecule has 1 amide bonds. The van der Waals surface area contributed by atoms with Crippen LogP contribution in [0.4, 0.5) is 18.9 Å². The molecule has 1 heterocycles. The number of carbonyl (C=O) groups excluding carboxylic acids is 1. The molecule has 7 nitrogen and oxygen atoms in total. The van der Waals surface area contributed by atoms with Gasteiger partial charge in [0.15, 0.2) is 0 Å². The van der Waals surface area contributed by atoms with Gasteiger partial charge >= 0.3 is 12.1 Å². The van der Waals surface area contributed by atoms with E-state index in [-0.39, 0.29) is 37.8 Å². The Bertz CT molecular complexity index is 1290. The van der Waals surface area contributed by atoms with E-state index >= 15 is 0 Å². The van der Waals surface area contributed by atoms with E-state index in [1.54, 1.807) is 42.5 Å². The standard InChI is InChI=1S/C27H25F3N2O5.ClH/c28-27(29,30)21-12-18(6-9-24(21)37-15-17-4-2-1-3-5-17)16-36-20-7-8-23-19(13-20)10-11-32(23)25(33)14-22(31)26(34)35;/h1-9,12-13,22H,10-11,14-16,31H2,(H,34,35);1H/t22-;/m1./s1. The Morgan fingerprint density at radius 3 is 2.37 bits per heavy atom. The molecule has 4 rings (SSSR count). The fourth-order valence-corrected chi connectivity index (χ4v) is 4.03. The number of carboxylic acids is 1. The van der Waals surface area contributed by atoms with Crippen LogP contribution in [-0.4, -0.2) is 29.6 Å². The molecule has 0 fully saturated rings. The molecule has 3 aromatic rings. The van der Waals surface area contributed by atoms with Crippen molar-refractivity contribution in [2.45, 2.75) is 38.3 Å². The molecular formula is C27H26ClF3N2O5. The van der Waals surface area contributed by atoms with E-state index in [1.165, 1.54) is 17.0 Å². The van der Waals surface area contributed by atoms with Crippen molar-refractivity contribution in [3.8, 4) is 11.5 Å². The normalized spacial score (nSPS) is 13.3. The molecule has 1 aliphatic heterocycles. The maximum Gasteiger partial charge on any atom is 0.419 e. The van der Waals surface area contributed by atoms with Gasteiger partial charge in [-0.3, -0.25) is 9.59 Å². The molecule has 38 heavy (non-hydrogen) atoms. The third kappa shape index (κ3) is 6.96. The summed E-state index contributed by atoms with van der Waals surface area (Å²) in [6.07, 6.45) is -4.39. The molecule has 11 heteroatoms. The van der Waals surface area contributed by atoms with Crippen LogP contribution >= 0.6 is 12.4 Å². The molecule has 1 atom stereocenters. The van der Waals surface area contributed by atoms with Crippen LogP contribution < -0.4 is 20.1 Å². The topological polar surface area (TPSA) is 102 Å².